The smallest absolute Gasteiger partial charge is 0.225 e. The summed E-state index contributed by atoms with van der Waals surface area (Å²) in [5, 5.41) is 7.12. The van der Waals surface area contributed by atoms with Crippen molar-refractivity contribution in [3.05, 3.63) is 42.5 Å². The van der Waals surface area contributed by atoms with E-state index >= 15 is 0 Å². The van der Waals surface area contributed by atoms with Gasteiger partial charge in [-0.1, -0.05) is 12.1 Å². The third-order valence-electron chi connectivity index (χ3n) is 6.10. The summed E-state index contributed by atoms with van der Waals surface area (Å²) >= 11 is 0. The van der Waals surface area contributed by atoms with Crippen LogP contribution in [0.1, 0.15) is 24.8 Å². The molecule has 8 heteroatoms. The van der Waals surface area contributed by atoms with Gasteiger partial charge in [0.25, 0.3) is 0 Å². The van der Waals surface area contributed by atoms with Crippen LogP contribution in [-0.2, 0) is 11.3 Å². The largest absolute Gasteiger partial charge is 0.326 e. The highest BCUT2D eigenvalue weighted by atomic mass is 16.1. The number of amides is 1. The number of aromatic nitrogens is 3. The first kappa shape index (κ1) is 21.0. The minimum Gasteiger partial charge on any atom is -0.326 e. The standard InChI is InChI=1S/C22H33N7O/c30-22(25-21-5-3-20(4-6-21)17-29-19-23-18-24-29)7-10-27-12-15-28(16-13-27)14-11-26-8-1-2-9-26/h3-6,18-19H,1-2,7-17H2,(H,25,30). The van der Waals surface area contributed by atoms with Crippen LogP contribution in [0.4, 0.5) is 5.69 Å². The molecule has 0 unspecified atom stereocenters. The minimum atomic E-state index is 0.0792. The number of carbonyl (C=O) groups is 1. The molecule has 4 rings (SSSR count). The number of nitrogens with zero attached hydrogens (tertiary/aromatic N) is 6. The fourth-order valence-corrected chi connectivity index (χ4v) is 4.20. The molecule has 2 aliphatic rings. The van der Waals surface area contributed by atoms with Crippen LogP contribution in [0.3, 0.4) is 0 Å². The molecule has 0 atom stereocenters. The molecule has 2 aliphatic heterocycles. The van der Waals surface area contributed by atoms with Crippen LogP contribution < -0.4 is 5.32 Å². The van der Waals surface area contributed by atoms with E-state index in [9.17, 15) is 4.79 Å². The highest BCUT2D eigenvalue weighted by Gasteiger charge is 2.19. The molecule has 0 spiro atoms. The number of benzene rings is 1. The number of likely N-dealkylation sites (tertiary alicyclic amines) is 1. The molecule has 0 saturated carbocycles. The van der Waals surface area contributed by atoms with Crippen LogP contribution in [0.5, 0.6) is 0 Å². The van der Waals surface area contributed by atoms with Crippen LogP contribution in [0, 0.1) is 0 Å². The molecule has 0 radical (unpaired) electrons. The zero-order valence-corrected chi connectivity index (χ0v) is 17.7. The molecule has 3 heterocycles. The molecule has 2 aromatic rings. The highest BCUT2D eigenvalue weighted by molar-refractivity contribution is 5.90. The summed E-state index contributed by atoms with van der Waals surface area (Å²) in [6.45, 7) is 10.8. The first-order valence-corrected chi connectivity index (χ1v) is 11.1. The molecular formula is C22H33N7O. The zero-order valence-electron chi connectivity index (χ0n) is 17.7. The molecule has 2 fully saturated rings. The first-order chi connectivity index (χ1) is 14.7. The number of piperazine rings is 1. The van der Waals surface area contributed by atoms with Gasteiger partial charge in [-0.05, 0) is 43.6 Å². The van der Waals surface area contributed by atoms with Crippen LogP contribution in [0.25, 0.3) is 0 Å². The summed E-state index contributed by atoms with van der Waals surface area (Å²) in [4.78, 5) is 23.8. The van der Waals surface area contributed by atoms with Gasteiger partial charge in [0, 0.05) is 57.9 Å². The van der Waals surface area contributed by atoms with Gasteiger partial charge in [-0.3, -0.25) is 9.69 Å². The molecule has 1 amide bonds. The number of hydrogen-bond donors (Lipinski definition) is 1. The Labute approximate surface area is 178 Å². The highest BCUT2D eigenvalue weighted by Crippen LogP contribution is 2.12. The van der Waals surface area contributed by atoms with E-state index in [4.69, 9.17) is 0 Å². The van der Waals surface area contributed by atoms with Gasteiger partial charge < -0.3 is 15.1 Å². The van der Waals surface area contributed by atoms with E-state index in [0.717, 1.165) is 44.0 Å². The first-order valence-electron chi connectivity index (χ1n) is 11.1. The van der Waals surface area contributed by atoms with Crippen molar-refractivity contribution < 1.29 is 4.79 Å². The van der Waals surface area contributed by atoms with Crippen LogP contribution in [0.15, 0.2) is 36.9 Å². The average Bonchev–Trinajstić information content (AvgIpc) is 3.47. The fourth-order valence-electron chi connectivity index (χ4n) is 4.20. The van der Waals surface area contributed by atoms with E-state index in [1.165, 1.54) is 45.3 Å². The monoisotopic (exact) mass is 411 g/mol. The lowest BCUT2D eigenvalue weighted by molar-refractivity contribution is -0.116. The van der Waals surface area contributed by atoms with E-state index in [1.807, 2.05) is 24.3 Å². The topological polar surface area (TPSA) is 69.5 Å². The third-order valence-corrected chi connectivity index (χ3v) is 6.10. The quantitative estimate of drug-likeness (QED) is 0.672. The van der Waals surface area contributed by atoms with Gasteiger partial charge >= 0.3 is 0 Å². The molecule has 30 heavy (non-hydrogen) atoms. The van der Waals surface area contributed by atoms with Crippen molar-refractivity contribution in [2.45, 2.75) is 25.8 Å². The summed E-state index contributed by atoms with van der Waals surface area (Å²) < 4.78 is 1.78. The van der Waals surface area contributed by atoms with Gasteiger partial charge in [0.1, 0.15) is 12.7 Å². The zero-order chi connectivity index (χ0) is 20.6. The lowest BCUT2D eigenvalue weighted by Crippen LogP contribution is -2.48. The number of hydrogen-bond acceptors (Lipinski definition) is 6. The normalized spacial score (nSPS) is 18.7. The van der Waals surface area contributed by atoms with Crippen LogP contribution in [0.2, 0.25) is 0 Å². The second kappa shape index (κ2) is 10.7. The van der Waals surface area contributed by atoms with Gasteiger partial charge in [0.15, 0.2) is 0 Å². The molecule has 1 N–H and O–H groups in total. The van der Waals surface area contributed by atoms with Gasteiger partial charge in [0.2, 0.25) is 5.91 Å². The SMILES string of the molecule is O=C(CCN1CCN(CCN2CCCC2)CC1)Nc1ccc(Cn2cncn2)cc1. The van der Waals surface area contributed by atoms with Crippen molar-refractivity contribution in [3.63, 3.8) is 0 Å². The number of carbonyl (C=O) groups excluding carboxylic acids is 1. The predicted molar refractivity (Wildman–Crippen MR) is 117 cm³/mol. The third kappa shape index (κ3) is 6.35. The maximum Gasteiger partial charge on any atom is 0.225 e. The number of anilines is 1. The molecule has 1 aromatic heterocycles. The lowest BCUT2D eigenvalue weighted by atomic mass is 10.2. The summed E-state index contributed by atoms with van der Waals surface area (Å²) in [5.74, 6) is 0.0792. The van der Waals surface area contributed by atoms with Crippen LogP contribution >= 0.6 is 0 Å². The second-order valence-electron chi connectivity index (χ2n) is 8.32. The Kier molecular flexibility index (Phi) is 7.44. The van der Waals surface area contributed by atoms with Gasteiger partial charge in [-0.2, -0.15) is 5.10 Å². The van der Waals surface area contributed by atoms with Crippen molar-refractivity contribution in [2.75, 3.05) is 64.2 Å². The summed E-state index contributed by atoms with van der Waals surface area (Å²) in [5.41, 5.74) is 1.97. The molecule has 2 saturated heterocycles. The summed E-state index contributed by atoms with van der Waals surface area (Å²) in [6, 6.07) is 7.92. The maximum atomic E-state index is 12.3. The molecule has 8 nitrogen and oxygen atoms in total. The van der Waals surface area contributed by atoms with E-state index in [0.29, 0.717) is 13.0 Å². The van der Waals surface area contributed by atoms with Crippen molar-refractivity contribution >= 4 is 11.6 Å². The maximum absolute atomic E-state index is 12.3. The van der Waals surface area contributed by atoms with Gasteiger partial charge in [0.05, 0.1) is 6.54 Å². The van der Waals surface area contributed by atoms with Crippen molar-refractivity contribution in [2.24, 2.45) is 0 Å². The minimum absolute atomic E-state index is 0.0792. The Bertz CT molecular complexity index is 763. The van der Waals surface area contributed by atoms with E-state index in [-0.39, 0.29) is 5.91 Å². The Hall–Kier alpha value is -2.29. The van der Waals surface area contributed by atoms with Gasteiger partial charge in [-0.25, -0.2) is 9.67 Å². The predicted octanol–water partition coefficient (Wildman–Crippen LogP) is 1.37. The molecule has 1 aromatic carbocycles. The van der Waals surface area contributed by atoms with E-state index in [2.05, 4.69) is 30.1 Å². The van der Waals surface area contributed by atoms with Gasteiger partial charge in [-0.15, -0.1) is 0 Å². The van der Waals surface area contributed by atoms with Crippen molar-refractivity contribution in [1.82, 2.24) is 29.5 Å². The Balaban J connectivity index is 1.11. The molecule has 0 aliphatic carbocycles. The van der Waals surface area contributed by atoms with E-state index < -0.39 is 0 Å². The van der Waals surface area contributed by atoms with Crippen molar-refractivity contribution in [1.29, 1.82) is 0 Å². The number of nitrogens with one attached hydrogen (secondary N) is 1. The molecule has 0 bridgehead atoms. The van der Waals surface area contributed by atoms with Crippen LogP contribution in [-0.4, -0.2) is 94.3 Å². The summed E-state index contributed by atoms with van der Waals surface area (Å²) in [6.07, 6.45) is 6.49. The Morgan fingerprint density at radius 3 is 2.13 bits per heavy atom. The Morgan fingerprint density at radius 2 is 1.50 bits per heavy atom. The lowest BCUT2D eigenvalue weighted by Gasteiger charge is -2.35. The Morgan fingerprint density at radius 1 is 0.867 bits per heavy atom. The average molecular weight is 412 g/mol. The molecule has 162 valence electrons. The second-order valence-corrected chi connectivity index (χ2v) is 8.32. The fraction of sp³-hybridized carbons (Fsp3) is 0.591. The molecular weight excluding hydrogens is 378 g/mol. The number of rotatable bonds is 9. The van der Waals surface area contributed by atoms with Crippen molar-refractivity contribution in [3.8, 4) is 0 Å². The summed E-state index contributed by atoms with van der Waals surface area (Å²) in [7, 11) is 0. The van der Waals surface area contributed by atoms with E-state index in [1.54, 1.807) is 11.0 Å².